The summed E-state index contributed by atoms with van der Waals surface area (Å²) in [7, 11) is 1.64. The third-order valence-corrected chi connectivity index (χ3v) is 2.90. The predicted molar refractivity (Wildman–Crippen MR) is 63.5 cm³/mol. The summed E-state index contributed by atoms with van der Waals surface area (Å²) in [6.07, 6.45) is 3.27. The number of methoxy groups -OCH3 is 1. The molecular formula is C12H14ClNO. The van der Waals surface area contributed by atoms with Crippen molar-refractivity contribution in [3.63, 3.8) is 0 Å². The number of ether oxygens (including phenoxy) is 1. The Hall–Kier alpha value is -0.990. The second-order valence-electron chi connectivity index (χ2n) is 3.53. The summed E-state index contributed by atoms with van der Waals surface area (Å²) in [6.45, 7) is 1.98. The molecule has 0 saturated heterocycles. The normalized spacial score (nSPS) is 16.0. The van der Waals surface area contributed by atoms with Gasteiger partial charge in [0, 0.05) is 6.54 Å². The Balaban J connectivity index is 2.32. The summed E-state index contributed by atoms with van der Waals surface area (Å²) in [6, 6.07) is 5.93. The fourth-order valence-corrected chi connectivity index (χ4v) is 1.94. The second-order valence-corrected chi connectivity index (χ2v) is 3.94. The van der Waals surface area contributed by atoms with Gasteiger partial charge in [-0.05, 0) is 36.2 Å². The number of hydrogen-bond acceptors (Lipinski definition) is 2. The van der Waals surface area contributed by atoms with E-state index in [0.717, 1.165) is 25.3 Å². The molecule has 1 aliphatic heterocycles. The SMILES string of the molecule is COc1cc(C2=CCNCC2)ccc1Cl. The molecule has 2 rings (SSSR count). The highest BCUT2D eigenvalue weighted by Gasteiger charge is 2.08. The van der Waals surface area contributed by atoms with E-state index < -0.39 is 0 Å². The fourth-order valence-electron chi connectivity index (χ4n) is 1.74. The smallest absolute Gasteiger partial charge is 0.138 e. The van der Waals surface area contributed by atoms with E-state index in [2.05, 4.69) is 11.4 Å². The molecule has 0 bridgehead atoms. The zero-order valence-corrected chi connectivity index (χ0v) is 9.47. The van der Waals surface area contributed by atoms with Crippen molar-refractivity contribution in [2.45, 2.75) is 6.42 Å². The van der Waals surface area contributed by atoms with E-state index in [1.54, 1.807) is 7.11 Å². The van der Waals surface area contributed by atoms with Gasteiger partial charge < -0.3 is 10.1 Å². The molecule has 2 nitrogen and oxygen atoms in total. The van der Waals surface area contributed by atoms with Crippen molar-refractivity contribution in [2.24, 2.45) is 0 Å². The van der Waals surface area contributed by atoms with Gasteiger partial charge in [-0.25, -0.2) is 0 Å². The zero-order chi connectivity index (χ0) is 10.7. The molecule has 0 saturated carbocycles. The molecule has 80 valence electrons. The van der Waals surface area contributed by atoms with Crippen molar-refractivity contribution in [1.82, 2.24) is 5.32 Å². The summed E-state index contributed by atoms with van der Waals surface area (Å²) in [4.78, 5) is 0. The Labute approximate surface area is 94.9 Å². The quantitative estimate of drug-likeness (QED) is 0.833. The Bertz CT molecular complexity index is 387. The lowest BCUT2D eigenvalue weighted by Crippen LogP contribution is -2.19. The second kappa shape index (κ2) is 4.69. The number of hydrogen-bond donors (Lipinski definition) is 1. The van der Waals surface area contributed by atoms with Crippen LogP contribution < -0.4 is 10.1 Å². The van der Waals surface area contributed by atoms with Crippen LogP contribution in [0.2, 0.25) is 5.02 Å². The van der Waals surface area contributed by atoms with Crippen LogP contribution in [0.4, 0.5) is 0 Å². The van der Waals surface area contributed by atoms with Gasteiger partial charge in [-0.15, -0.1) is 0 Å². The third kappa shape index (κ3) is 2.33. The molecule has 0 atom stereocenters. The van der Waals surface area contributed by atoms with Crippen LogP contribution in [0, 0.1) is 0 Å². The van der Waals surface area contributed by atoms with Gasteiger partial charge in [0.2, 0.25) is 0 Å². The lowest BCUT2D eigenvalue weighted by Gasteiger charge is -2.15. The maximum absolute atomic E-state index is 5.98. The molecule has 0 radical (unpaired) electrons. The van der Waals surface area contributed by atoms with Crippen LogP contribution in [0.5, 0.6) is 5.75 Å². The zero-order valence-electron chi connectivity index (χ0n) is 8.72. The minimum atomic E-state index is 0.663. The van der Waals surface area contributed by atoms with Gasteiger partial charge in [0.1, 0.15) is 5.75 Å². The first-order valence-corrected chi connectivity index (χ1v) is 5.42. The van der Waals surface area contributed by atoms with Gasteiger partial charge in [-0.2, -0.15) is 0 Å². The Kier molecular flexibility index (Phi) is 3.29. The summed E-state index contributed by atoms with van der Waals surface area (Å²) in [5.74, 6) is 0.744. The van der Waals surface area contributed by atoms with Gasteiger partial charge in [0.15, 0.2) is 0 Å². The van der Waals surface area contributed by atoms with Crippen molar-refractivity contribution in [2.75, 3.05) is 20.2 Å². The number of nitrogens with one attached hydrogen (secondary N) is 1. The summed E-state index contributed by atoms with van der Waals surface area (Å²) in [5.41, 5.74) is 2.57. The van der Waals surface area contributed by atoms with Crippen LogP contribution in [-0.4, -0.2) is 20.2 Å². The van der Waals surface area contributed by atoms with Crippen LogP contribution in [0.1, 0.15) is 12.0 Å². The Morgan fingerprint density at radius 1 is 1.40 bits per heavy atom. The van der Waals surface area contributed by atoms with Crippen LogP contribution in [0.15, 0.2) is 24.3 Å². The van der Waals surface area contributed by atoms with Crippen molar-refractivity contribution < 1.29 is 4.74 Å². The van der Waals surface area contributed by atoms with E-state index >= 15 is 0 Å². The van der Waals surface area contributed by atoms with Crippen molar-refractivity contribution >= 4 is 17.2 Å². The monoisotopic (exact) mass is 223 g/mol. The van der Waals surface area contributed by atoms with Crippen molar-refractivity contribution in [1.29, 1.82) is 0 Å². The molecule has 1 aliphatic rings. The predicted octanol–water partition coefficient (Wildman–Crippen LogP) is 2.73. The van der Waals surface area contributed by atoms with Crippen LogP contribution in [-0.2, 0) is 0 Å². The van der Waals surface area contributed by atoms with Gasteiger partial charge in [0.25, 0.3) is 0 Å². The molecule has 0 aliphatic carbocycles. The highest BCUT2D eigenvalue weighted by Crippen LogP contribution is 2.29. The molecule has 15 heavy (non-hydrogen) atoms. The van der Waals surface area contributed by atoms with Crippen molar-refractivity contribution in [3.8, 4) is 5.75 Å². The minimum absolute atomic E-state index is 0.663. The molecule has 0 unspecified atom stereocenters. The first-order valence-electron chi connectivity index (χ1n) is 5.05. The van der Waals surface area contributed by atoms with Crippen LogP contribution in [0.25, 0.3) is 5.57 Å². The molecule has 1 aromatic rings. The number of benzene rings is 1. The molecule has 0 spiro atoms. The van der Waals surface area contributed by atoms with Crippen LogP contribution >= 0.6 is 11.6 Å². The van der Waals surface area contributed by atoms with E-state index in [1.165, 1.54) is 11.1 Å². The first kappa shape index (κ1) is 10.5. The largest absolute Gasteiger partial charge is 0.495 e. The Morgan fingerprint density at radius 2 is 2.27 bits per heavy atom. The highest BCUT2D eigenvalue weighted by molar-refractivity contribution is 6.32. The van der Waals surface area contributed by atoms with Gasteiger partial charge >= 0.3 is 0 Å². The van der Waals surface area contributed by atoms with E-state index in [9.17, 15) is 0 Å². The number of halogens is 1. The first-order chi connectivity index (χ1) is 7.31. The van der Waals surface area contributed by atoms with E-state index in [-0.39, 0.29) is 0 Å². The summed E-state index contributed by atoms with van der Waals surface area (Å²) < 4.78 is 5.20. The minimum Gasteiger partial charge on any atom is -0.495 e. The summed E-state index contributed by atoms with van der Waals surface area (Å²) in [5, 5.41) is 3.95. The van der Waals surface area contributed by atoms with E-state index in [1.807, 2.05) is 18.2 Å². The van der Waals surface area contributed by atoms with Crippen LogP contribution in [0.3, 0.4) is 0 Å². The lowest BCUT2D eigenvalue weighted by molar-refractivity contribution is 0.415. The Morgan fingerprint density at radius 3 is 2.93 bits per heavy atom. The molecule has 3 heteroatoms. The molecule has 1 N–H and O–H groups in total. The van der Waals surface area contributed by atoms with E-state index in [0.29, 0.717) is 5.02 Å². The lowest BCUT2D eigenvalue weighted by atomic mass is 10.0. The highest BCUT2D eigenvalue weighted by atomic mass is 35.5. The average Bonchev–Trinajstić information content (AvgIpc) is 2.31. The topological polar surface area (TPSA) is 21.3 Å². The molecule has 0 amide bonds. The number of rotatable bonds is 2. The average molecular weight is 224 g/mol. The maximum atomic E-state index is 5.98. The molecule has 1 heterocycles. The van der Waals surface area contributed by atoms with E-state index in [4.69, 9.17) is 16.3 Å². The van der Waals surface area contributed by atoms with Gasteiger partial charge in [-0.3, -0.25) is 0 Å². The summed E-state index contributed by atoms with van der Waals surface area (Å²) >= 11 is 5.98. The third-order valence-electron chi connectivity index (χ3n) is 2.59. The van der Waals surface area contributed by atoms with Crippen molar-refractivity contribution in [3.05, 3.63) is 34.9 Å². The maximum Gasteiger partial charge on any atom is 0.138 e. The molecular weight excluding hydrogens is 210 g/mol. The van der Waals surface area contributed by atoms with Gasteiger partial charge in [0.05, 0.1) is 12.1 Å². The fraction of sp³-hybridized carbons (Fsp3) is 0.333. The standard InChI is InChI=1S/C12H14ClNO/c1-15-12-8-10(2-3-11(12)13)9-4-6-14-7-5-9/h2-4,8,14H,5-7H2,1H3. The molecule has 1 aromatic carbocycles. The van der Waals surface area contributed by atoms with Gasteiger partial charge in [-0.1, -0.05) is 23.7 Å². The molecule has 0 fully saturated rings. The molecule has 0 aromatic heterocycles.